The number of hydrogen-bond acceptors (Lipinski definition) is 4. The molecule has 0 radical (unpaired) electrons. The summed E-state index contributed by atoms with van der Waals surface area (Å²) in [7, 11) is 1.61. The number of nitrogens with one attached hydrogen (secondary N) is 1. The number of methoxy groups -OCH3 is 1. The second-order valence-electron chi connectivity index (χ2n) is 8.13. The quantitative estimate of drug-likeness (QED) is 0.494. The summed E-state index contributed by atoms with van der Waals surface area (Å²) in [5.41, 5.74) is 0.900. The summed E-state index contributed by atoms with van der Waals surface area (Å²) in [4.78, 5) is 27.7. The Bertz CT molecular complexity index is 1080. The Morgan fingerprint density at radius 3 is 2.36 bits per heavy atom. The van der Waals surface area contributed by atoms with Crippen molar-refractivity contribution in [3.8, 4) is 11.5 Å². The lowest BCUT2D eigenvalue weighted by Gasteiger charge is -2.29. The smallest absolute Gasteiger partial charge is 0.261 e. The molecule has 0 aromatic heterocycles. The van der Waals surface area contributed by atoms with Gasteiger partial charge in [-0.05, 0) is 49.4 Å². The van der Waals surface area contributed by atoms with Crippen LogP contribution in [0.3, 0.4) is 0 Å². The second-order valence-corrected chi connectivity index (χ2v) is 8.13. The van der Waals surface area contributed by atoms with Gasteiger partial charge in [0, 0.05) is 18.0 Å². The number of rotatable bonds is 10. The molecule has 0 fully saturated rings. The van der Waals surface area contributed by atoms with Crippen molar-refractivity contribution < 1.29 is 19.1 Å². The van der Waals surface area contributed by atoms with Crippen molar-refractivity contribution in [3.63, 3.8) is 0 Å². The molecular weight excluding hydrogens is 416 g/mol. The highest BCUT2D eigenvalue weighted by atomic mass is 16.5. The van der Waals surface area contributed by atoms with Crippen LogP contribution in [0, 0.1) is 0 Å². The van der Waals surface area contributed by atoms with Gasteiger partial charge in [0.15, 0.2) is 6.61 Å². The van der Waals surface area contributed by atoms with Crippen LogP contribution in [0.1, 0.15) is 32.8 Å². The van der Waals surface area contributed by atoms with Crippen LogP contribution in [0.25, 0.3) is 10.8 Å². The summed E-state index contributed by atoms with van der Waals surface area (Å²) in [5, 5.41) is 4.96. The molecule has 2 atom stereocenters. The maximum atomic E-state index is 13.3. The number of amides is 2. The minimum atomic E-state index is -0.648. The molecule has 6 heteroatoms. The van der Waals surface area contributed by atoms with E-state index in [0.29, 0.717) is 5.75 Å². The number of benzene rings is 3. The maximum Gasteiger partial charge on any atom is 0.261 e. The molecule has 0 bridgehead atoms. The zero-order valence-electron chi connectivity index (χ0n) is 19.7. The van der Waals surface area contributed by atoms with Crippen LogP contribution in [0.5, 0.6) is 11.5 Å². The van der Waals surface area contributed by atoms with Crippen molar-refractivity contribution in [2.24, 2.45) is 0 Å². The summed E-state index contributed by atoms with van der Waals surface area (Å²) in [6.07, 6.45) is 0.815. The van der Waals surface area contributed by atoms with Crippen molar-refractivity contribution in [1.82, 2.24) is 10.2 Å². The fourth-order valence-corrected chi connectivity index (χ4v) is 3.52. The average Bonchev–Trinajstić information content (AvgIpc) is 2.85. The Labute approximate surface area is 195 Å². The van der Waals surface area contributed by atoms with Crippen LogP contribution in [0.15, 0.2) is 66.7 Å². The number of carbonyl (C=O) groups excluding carboxylic acids is 2. The van der Waals surface area contributed by atoms with Crippen LogP contribution in [0.4, 0.5) is 0 Å². The Balaban J connectivity index is 1.78. The van der Waals surface area contributed by atoms with Gasteiger partial charge in [0.25, 0.3) is 5.91 Å². The molecule has 1 N–H and O–H groups in total. The molecule has 3 aromatic carbocycles. The van der Waals surface area contributed by atoms with Gasteiger partial charge in [0.05, 0.1) is 7.11 Å². The van der Waals surface area contributed by atoms with Gasteiger partial charge in [-0.15, -0.1) is 0 Å². The molecule has 0 saturated carbocycles. The monoisotopic (exact) mass is 448 g/mol. The van der Waals surface area contributed by atoms with Gasteiger partial charge in [-0.25, -0.2) is 0 Å². The van der Waals surface area contributed by atoms with Gasteiger partial charge in [-0.2, -0.15) is 0 Å². The van der Waals surface area contributed by atoms with Crippen LogP contribution < -0.4 is 14.8 Å². The van der Waals surface area contributed by atoms with E-state index in [1.807, 2.05) is 80.6 Å². The fourth-order valence-electron chi connectivity index (χ4n) is 3.52. The predicted octanol–water partition coefficient (Wildman–Crippen LogP) is 4.56. The minimum absolute atomic E-state index is 0.0322. The van der Waals surface area contributed by atoms with Crippen LogP contribution >= 0.6 is 0 Å². The molecule has 33 heavy (non-hydrogen) atoms. The number of carbonyl (C=O) groups is 2. The summed E-state index contributed by atoms with van der Waals surface area (Å²) in [6, 6.07) is 20.5. The Morgan fingerprint density at radius 2 is 1.67 bits per heavy atom. The minimum Gasteiger partial charge on any atom is -0.497 e. The molecule has 0 aliphatic heterocycles. The largest absolute Gasteiger partial charge is 0.497 e. The van der Waals surface area contributed by atoms with Gasteiger partial charge in [0.1, 0.15) is 17.5 Å². The summed E-state index contributed by atoms with van der Waals surface area (Å²) in [6.45, 7) is 5.83. The van der Waals surface area contributed by atoms with E-state index >= 15 is 0 Å². The number of hydrogen-bond donors (Lipinski definition) is 1. The Kier molecular flexibility index (Phi) is 8.30. The molecule has 0 aliphatic carbocycles. The van der Waals surface area contributed by atoms with Crippen molar-refractivity contribution in [3.05, 3.63) is 72.3 Å². The van der Waals surface area contributed by atoms with Crippen molar-refractivity contribution >= 4 is 22.6 Å². The number of nitrogens with zero attached hydrogens (tertiary/aromatic N) is 1. The van der Waals surface area contributed by atoms with Gasteiger partial charge in [0.2, 0.25) is 5.91 Å². The third-order valence-electron chi connectivity index (χ3n) is 5.78. The molecule has 0 aliphatic rings. The van der Waals surface area contributed by atoms with Crippen LogP contribution in [-0.2, 0) is 16.1 Å². The van der Waals surface area contributed by atoms with E-state index < -0.39 is 6.04 Å². The topological polar surface area (TPSA) is 67.9 Å². The average molecular weight is 449 g/mol. The molecule has 3 rings (SSSR count). The first kappa shape index (κ1) is 24.1. The van der Waals surface area contributed by atoms with E-state index in [0.717, 1.165) is 28.5 Å². The van der Waals surface area contributed by atoms with Gasteiger partial charge < -0.3 is 19.7 Å². The van der Waals surface area contributed by atoms with Gasteiger partial charge in [-0.1, -0.05) is 55.5 Å². The van der Waals surface area contributed by atoms with E-state index in [9.17, 15) is 9.59 Å². The first-order valence-corrected chi connectivity index (χ1v) is 11.3. The lowest BCUT2D eigenvalue weighted by Crippen LogP contribution is -2.50. The standard InChI is InChI=1S/C27H32N2O4/c1-5-19(2)28-27(31)20(3)29(17-21-13-15-23(32-4)16-14-21)26(30)18-33-25-12-8-10-22-9-6-7-11-24(22)25/h6-16,19-20H,5,17-18H2,1-4H3,(H,28,31)/t19-,20+/m0/s1. The van der Waals surface area contributed by atoms with Gasteiger partial charge >= 0.3 is 0 Å². The summed E-state index contributed by atoms with van der Waals surface area (Å²) < 4.78 is 11.1. The van der Waals surface area contributed by atoms with Crippen LogP contribution in [-0.4, -0.2) is 42.5 Å². The van der Waals surface area contributed by atoms with Crippen molar-refractivity contribution in [2.45, 2.75) is 45.8 Å². The third kappa shape index (κ3) is 6.25. The third-order valence-corrected chi connectivity index (χ3v) is 5.78. The maximum absolute atomic E-state index is 13.3. The highest BCUT2D eigenvalue weighted by Gasteiger charge is 2.27. The lowest BCUT2D eigenvalue weighted by atomic mass is 10.1. The fraction of sp³-hybridized carbons (Fsp3) is 0.333. The molecule has 174 valence electrons. The zero-order valence-corrected chi connectivity index (χ0v) is 19.7. The van der Waals surface area contributed by atoms with Crippen molar-refractivity contribution in [1.29, 1.82) is 0 Å². The Morgan fingerprint density at radius 1 is 0.970 bits per heavy atom. The normalized spacial score (nSPS) is 12.6. The van der Waals surface area contributed by atoms with E-state index in [4.69, 9.17) is 9.47 Å². The van der Waals surface area contributed by atoms with E-state index in [1.165, 1.54) is 0 Å². The van der Waals surface area contributed by atoms with Crippen molar-refractivity contribution in [2.75, 3.05) is 13.7 Å². The first-order valence-electron chi connectivity index (χ1n) is 11.3. The highest BCUT2D eigenvalue weighted by molar-refractivity contribution is 5.90. The van der Waals surface area contributed by atoms with Gasteiger partial charge in [-0.3, -0.25) is 9.59 Å². The molecule has 6 nitrogen and oxygen atoms in total. The van der Waals surface area contributed by atoms with Crippen LogP contribution in [0.2, 0.25) is 0 Å². The molecule has 0 unspecified atom stereocenters. The van der Waals surface area contributed by atoms with E-state index in [-0.39, 0.29) is 31.0 Å². The molecular formula is C27H32N2O4. The first-order chi connectivity index (χ1) is 15.9. The number of ether oxygens (including phenoxy) is 2. The summed E-state index contributed by atoms with van der Waals surface area (Å²) >= 11 is 0. The van der Waals surface area contributed by atoms with E-state index in [2.05, 4.69) is 5.32 Å². The lowest BCUT2D eigenvalue weighted by molar-refractivity contribution is -0.142. The molecule has 3 aromatic rings. The summed E-state index contributed by atoms with van der Waals surface area (Å²) in [5.74, 6) is 0.933. The predicted molar refractivity (Wildman–Crippen MR) is 130 cm³/mol. The Hall–Kier alpha value is -3.54. The molecule has 0 spiro atoms. The molecule has 2 amide bonds. The molecule has 0 saturated heterocycles. The SMILES string of the molecule is CC[C@H](C)NC(=O)[C@@H](C)N(Cc1ccc(OC)cc1)C(=O)COc1cccc2ccccc12. The van der Waals surface area contributed by atoms with E-state index in [1.54, 1.807) is 18.9 Å². The second kappa shape index (κ2) is 11.4. The highest BCUT2D eigenvalue weighted by Crippen LogP contribution is 2.25. The molecule has 0 heterocycles. The zero-order chi connectivity index (χ0) is 23.8. The number of fused-ring (bicyclic) bond motifs is 1.